The van der Waals surface area contributed by atoms with E-state index in [0.717, 1.165) is 36.6 Å². The molecular formula is C22H30N2O2. The lowest BCUT2D eigenvalue weighted by molar-refractivity contribution is 0.102. The molecule has 0 saturated carbocycles. The summed E-state index contributed by atoms with van der Waals surface area (Å²) < 4.78 is 5.69. The van der Waals surface area contributed by atoms with Crippen LogP contribution in [0.3, 0.4) is 0 Å². The first-order chi connectivity index (χ1) is 12.5. The van der Waals surface area contributed by atoms with Crippen molar-refractivity contribution < 1.29 is 9.53 Å². The van der Waals surface area contributed by atoms with Gasteiger partial charge in [-0.1, -0.05) is 13.8 Å². The highest BCUT2D eigenvalue weighted by atomic mass is 16.5. The van der Waals surface area contributed by atoms with Gasteiger partial charge in [0.2, 0.25) is 0 Å². The minimum absolute atomic E-state index is 0.116. The standard InChI is InChI=1S/C22H30N2O2/c1-5-24(6-2)20-11-9-19(10-12-20)23-22(25)18-7-13-21(14-8-18)26-16-15-17(3)4/h7-14,17H,5-6,15-16H2,1-4H3,(H,23,25). The number of carbonyl (C=O) groups excluding carboxylic acids is 1. The van der Waals surface area contributed by atoms with Gasteiger partial charge in [-0.05, 0) is 74.7 Å². The maximum Gasteiger partial charge on any atom is 0.255 e. The lowest BCUT2D eigenvalue weighted by Gasteiger charge is -2.21. The average Bonchev–Trinajstić information content (AvgIpc) is 2.64. The van der Waals surface area contributed by atoms with E-state index in [-0.39, 0.29) is 5.91 Å². The summed E-state index contributed by atoms with van der Waals surface area (Å²) in [6, 6.07) is 15.2. The van der Waals surface area contributed by atoms with E-state index in [1.165, 1.54) is 0 Å². The van der Waals surface area contributed by atoms with Crippen molar-refractivity contribution in [2.75, 3.05) is 29.9 Å². The van der Waals surface area contributed by atoms with Crippen LogP contribution >= 0.6 is 0 Å². The van der Waals surface area contributed by atoms with Crippen LogP contribution in [0.25, 0.3) is 0 Å². The zero-order valence-electron chi connectivity index (χ0n) is 16.3. The summed E-state index contributed by atoms with van der Waals surface area (Å²) in [5.74, 6) is 1.30. The number of anilines is 2. The van der Waals surface area contributed by atoms with E-state index in [2.05, 4.69) is 37.9 Å². The number of rotatable bonds is 9. The minimum Gasteiger partial charge on any atom is -0.494 e. The van der Waals surface area contributed by atoms with Gasteiger partial charge in [0.25, 0.3) is 5.91 Å². The summed E-state index contributed by atoms with van der Waals surface area (Å²) in [5, 5.41) is 2.94. The van der Waals surface area contributed by atoms with E-state index in [4.69, 9.17) is 4.74 Å². The molecule has 0 fully saturated rings. The smallest absolute Gasteiger partial charge is 0.255 e. The molecule has 4 heteroatoms. The van der Waals surface area contributed by atoms with E-state index < -0.39 is 0 Å². The number of amides is 1. The second-order valence-corrected chi connectivity index (χ2v) is 6.73. The van der Waals surface area contributed by atoms with Gasteiger partial charge in [0.1, 0.15) is 5.75 Å². The Kier molecular flexibility index (Phi) is 7.52. The van der Waals surface area contributed by atoms with E-state index in [0.29, 0.717) is 18.1 Å². The zero-order valence-corrected chi connectivity index (χ0v) is 16.3. The summed E-state index contributed by atoms with van der Waals surface area (Å²) in [6.07, 6.45) is 1.02. The Hall–Kier alpha value is -2.49. The minimum atomic E-state index is -0.116. The molecule has 140 valence electrons. The van der Waals surface area contributed by atoms with Gasteiger partial charge in [0.15, 0.2) is 0 Å². The normalized spacial score (nSPS) is 10.7. The first-order valence-electron chi connectivity index (χ1n) is 9.42. The molecule has 26 heavy (non-hydrogen) atoms. The first-order valence-corrected chi connectivity index (χ1v) is 9.42. The Morgan fingerprint density at radius 1 is 1.00 bits per heavy atom. The van der Waals surface area contributed by atoms with Crippen LogP contribution in [0, 0.1) is 5.92 Å². The molecule has 2 rings (SSSR count). The molecule has 1 amide bonds. The lowest BCUT2D eigenvalue weighted by atomic mass is 10.1. The van der Waals surface area contributed by atoms with E-state index in [1.807, 2.05) is 36.4 Å². The predicted octanol–water partition coefficient (Wildman–Crippen LogP) is 5.21. The molecule has 2 aromatic rings. The van der Waals surface area contributed by atoms with Crippen LogP contribution in [0.5, 0.6) is 5.75 Å². The summed E-state index contributed by atoms with van der Waals surface area (Å²) in [7, 11) is 0. The number of hydrogen-bond donors (Lipinski definition) is 1. The predicted molar refractivity (Wildman–Crippen MR) is 109 cm³/mol. The van der Waals surface area contributed by atoms with Crippen LogP contribution in [0.4, 0.5) is 11.4 Å². The molecule has 0 unspecified atom stereocenters. The number of nitrogens with one attached hydrogen (secondary N) is 1. The molecule has 4 nitrogen and oxygen atoms in total. The van der Waals surface area contributed by atoms with Gasteiger partial charge < -0.3 is 15.0 Å². The second-order valence-electron chi connectivity index (χ2n) is 6.73. The molecular weight excluding hydrogens is 324 g/mol. The van der Waals surface area contributed by atoms with Gasteiger partial charge in [-0.15, -0.1) is 0 Å². The van der Waals surface area contributed by atoms with Gasteiger partial charge in [-0.2, -0.15) is 0 Å². The van der Waals surface area contributed by atoms with Crippen molar-refractivity contribution in [3.05, 3.63) is 54.1 Å². The summed E-state index contributed by atoms with van der Waals surface area (Å²) in [5.41, 5.74) is 2.58. The third kappa shape index (κ3) is 5.80. The maximum absolute atomic E-state index is 12.4. The van der Waals surface area contributed by atoms with Crippen molar-refractivity contribution in [3.63, 3.8) is 0 Å². The molecule has 2 aromatic carbocycles. The highest BCUT2D eigenvalue weighted by Crippen LogP contribution is 2.19. The number of ether oxygens (including phenoxy) is 1. The van der Waals surface area contributed by atoms with Crippen molar-refractivity contribution >= 4 is 17.3 Å². The molecule has 0 heterocycles. The fourth-order valence-corrected chi connectivity index (χ4v) is 2.66. The average molecular weight is 354 g/mol. The SMILES string of the molecule is CCN(CC)c1ccc(NC(=O)c2ccc(OCCC(C)C)cc2)cc1. The number of nitrogens with zero attached hydrogens (tertiary/aromatic N) is 1. The topological polar surface area (TPSA) is 41.6 Å². The summed E-state index contributed by atoms with van der Waals surface area (Å²) >= 11 is 0. The van der Waals surface area contributed by atoms with Crippen LogP contribution in [0.1, 0.15) is 44.5 Å². The van der Waals surface area contributed by atoms with Crippen LogP contribution in [-0.4, -0.2) is 25.6 Å². The van der Waals surface area contributed by atoms with Crippen LogP contribution in [-0.2, 0) is 0 Å². The molecule has 0 aliphatic rings. The van der Waals surface area contributed by atoms with Crippen molar-refractivity contribution in [2.24, 2.45) is 5.92 Å². The van der Waals surface area contributed by atoms with Gasteiger partial charge in [-0.3, -0.25) is 4.79 Å². The molecule has 0 bridgehead atoms. The van der Waals surface area contributed by atoms with Crippen LogP contribution in [0.15, 0.2) is 48.5 Å². The molecule has 0 radical (unpaired) electrons. The fourth-order valence-electron chi connectivity index (χ4n) is 2.66. The third-order valence-corrected chi connectivity index (χ3v) is 4.33. The Balaban J connectivity index is 1.92. The van der Waals surface area contributed by atoms with Gasteiger partial charge in [0.05, 0.1) is 6.61 Å². The van der Waals surface area contributed by atoms with E-state index >= 15 is 0 Å². The van der Waals surface area contributed by atoms with Crippen molar-refractivity contribution in [2.45, 2.75) is 34.1 Å². The van der Waals surface area contributed by atoms with Crippen LogP contribution < -0.4 is 15.0 Å². The first kappa shape index (κ1) is 19.8. The van der Waals surface area contributed by atoms with Gasteiger partial charge in [0, 0.05) is 30.0 Å². The highest BCUT2D eigenvalue weighted by molar-refractivity contribution is 6.04. The molecule has 0 atom stereocenters. The summed E-state index contributed by atoms with van der Waals surface area (Å²) in [4.78, 5) is 14.7. The molecule has 1 N–H and O–H groups in total. The Labute approximate surface area is 157 Å². The van der Waals surface area contributed by atoms with Crippen molar-refractivity contribution in [1.29, 1.82) is 0 Å². The lowest BCUT2D eigenvalue weighted by Crippen LogP contribution is -2.21. The molecule has 0 spiro atoms. The van der Waals surface area contributed by atoms with Gasteiger partial charge in [-0.25, -0.2) is 0 Å². The largest absolute Gasteiger partial charge is 0.494 e. The van der Waals surface area contributed by atoms with Crippen molar-refractivity contribution in [1.82, 2.24) is 0 Å². The quantitative estimate of drug-likeness (QED) is 0.672. The van der Waals surface area contributed by atoms with Crippen molar-refractivity contribution in [3.8, 4) is 5.75 Å². The Morgan fingerprint density at radius 2 is 1.62 bits per heavy atom. The Bertz CT molecular complexity index is 674. The maximum atomic E-state index is 12.4. The second kappa shape index (κ2) is 9.85. The number of hydrogen-bond acceptors (Lipinski definition) is 3. The zero-order chi connectivity index (χ0) is 18.9. The van der Waals surface area contributed by atoms with E-state index in [1.54, 1.807) is 12.1 Å². The highest BCUT2D eigenvalue weighted by Gasteiger charge is 2.07. The number of carbonyl (C=O) groups is 1. The van der Waals surface area contributed by atoms with Crippen LogP contribution in [0.2, 0.25) is 0 Å². The van der Waals surface area contributed by atoms with Gasteiger partial charge >= 0.3 is 0 Å². The number of benzene rings is 2. The molecule has 0 aliphatic heterocycles. The molecule has 0 aromatic heterocycles. The van der Waals surface area contributed by atoms with E-state index in [9.17, 15) is 4.79 Å². The monoisotopic (exact) mass is 354 g/mol. The Morgan fingerprint density at radius 3 is 2.15 bits per heavy atom. The molecule has 0 saturated heterocycles. The third-order valence-electron chi connectivity index (χ3n) is 4.33. The summed E-state index contributed by atoms with van der Waals surface area (Å²) in [6.45, 7) is 11.2. The molecule has 0 aliphatic carbocycles. The fraction of sp³-hybridized carbons (Fsp3) is 0.409.